The van der Waals surface area contributed by atoms with Gasteiger partial charge in [-0.15, -0.1) is 0 Å². The average Bonchev–Trinajstić information content (AvgIpc) is 2.82. The minimum Gasteiger partial charge on any atom is -0.377 e. The highest BCUT2D eigenvalue weighted by atomic mass is 16.5. The smallest absolute Gasteiger partial charge is 0.226 e. The van der Waals surface area contributed by atoms with Crippen LogP contribution in [-0.2, 0) is 19.1 Å². The average molecular weight is 505 g/mol. The summed E-state index contributed by atoms with van der Waals surface area (Å²) in [6, 6.07) is 2.21. The summed E-state index contributed by atoms with van der Waals surface area (Å²) in [7, 11) is 0. The van der Waals surface area contributed by atoms with Crippen LogP contribution in [0, 0.1) is 56.7 Å². The third-order valence-electron chi connectivity index (χ3n) is 11.7. The quantitative estimate of drug-likeness (QED) is 0.588. The first kappa shape index (κ1) is 25.0. The SMILES string of the molecule is CC1(C)CCC2(C(=O)NC3COC3)CCC3C(C(=O)C=C4C5(C)C=C(C#N)C(=O)CC5CCC43C)C2C1. The lowest BCUT2D eigenvalue weighted by atomic mass is 9.40. The molecule has 3 saturated carbocycles. The number of nitrogens with one attached hydrogen (secondary N) is 1. The van der Waals surface area contributed by atoms with Gasteiger partial charge in [0.25, 0.3) is 0 Å². The molecule has 1 amide bonds. The zero-order valence-electron chi connectivity index (χ0n) is 22.7. The molecule has 5 aliphatic carbocycles. The molecule has 0 aromatic heterocycles. The number of nitriles is 1. The molecule has 198 valence electrons. The molecule has 1 heterocycles. The van der Waals surface area contributed by atoms with Crippen LogP contribution < -0.4 is 5.32 Å². The number of rotatable bonds is 2. The number of ketones is 2. The summed E-state index contributed by atoms with van der Waals surface area (Å²) < 4.78 is 5.32. The van der Waals surface area contributed by atoms with E-state index in [1.165, 1.54) is 0 Å². The monoisotopic (exact) mass is 504 g/mol. The Morgan fingerprint density at radius 3 is 2.49 bits per heavy atom. The summed E-state index contributed by atoms with van der Waals surface area (Å²) in [5.74, 6) is 0.417. The number of carbonyl (C=O) groups is 3. The molecule has 0 aromatic carbocycles. The predicted molar refractivity (Wildman–Crippen MR) is 138 cm³/mol. The molecule has 0 radical (unpaired) electrons. The van der Waals surface area contributed by atoms with Crippen molar-refractivity contribution in [1.82, 2.24) is 5.32 Å². The number of Topliss-reactive ketones (excluding diaryl/α,β-unsaturated/α-hetero) is 1. The van der Waals surface area contributed by atoms with Gasteiger partial charge in [0.05, 0.1) is 30.2 Å². The minimum absolute atomic E-state index is 0.0294. The van der Waals surface area contributed by atoms with Gasteiger partial charge in [0.1, 0.15) is 6.07 Å². The van der Waals surface area contributed by atoms with Gasteiger partial charge in [0.15, 0.2) is 11.6 Å². The molecular formula is C31H40N2O4. The van der Waals surface area contributed by atoms with Crippen LogP contribution in [0.5, 0.6) is 0 Å². The van der Waals surface area contributed by atoms with E-state index >= 15 is 0 Å². The summed E-state index contributed by atoms with van der Waals surface area (Å²) in [5, 5.41) is 12.9. The number of amides is 1. The first-order valence-corrected chi connectivity index (χ1v) is 14.2. The van der Waals surface area contributed by atoms with E-state index in [0.29, 0.717) is 19.6 Å². The fourth-order valence-corrected chi connectivity index (χ4v) is 9.45. The standard InChI is InChI=1S/C31H40N2O4/c1-28(2)9-10-31(27(36)33-20-16-37-17-20)8-6-21-26(22(31)14-28)24(35)12-25-29(21,3)7-5-19-11-23(34)18(15-32)13-30(19,25)4/h12-13,19-22,26H,5-11,14,16-17H2,1-4H3,(H,33,36). The fourth-order valence-electron chi connectivity index (χ4n) is 9.45. The summed E-state index contributed by atoms with van der Waals surface area (Å²) in [6.07, 6.45) is 10.5. The van der Waals surface area contributed by atoms with Crippen molar-refractivity contribution in [3.05, 3.63) is 23.3 Å². The molecule has 6 nitrogen and oxygen atoms in total. The van der Waals surface area contributed by atoms with Gasteiger partial charge in [-0.2, -0.15) is 5.26 Å². The lowest BCUT2D eigenvalue weighted by molar-refractivity contribution is -0.163. The van der Waals surface area contributed by atoms with Gasteiger partial charge >= 0.3 is 0 Å². The predicted octanol–water partition coefficient (Wildman–Crippen LogP) is 4.69. The molecule has 6 heteroatoms. The third kappa shape index (κ3) is 3.49. The number of hydrogen-bond donors (Lipinski definition) is 1. The molecule has 1 N–H and O–H groups in total. The molecule has 0 spiro atoms. The summed E-state index contributed by atoms with van der Waals surface area (Å²) in [6.45, 7) is 10.2. The third-order valence-corrected chi connectivity index (χ3v) is 11.7. The maximum absolute atomic E-state index is 14.2. The van der Waals surface area contributed by atoms with Crippen LogP contribution >= 0.6 is 0 Å². The Labute approximate surface area is 220 Å². The zero-order chi connectivity index (χ0) is 26.4. The van der Waals surface area contributed by atoms with Gasteiger partial charge in [0, 0.05) is 17.8 Å². The van der Waals surface area contributed by atoms with Crippen LogP contribution in [0.25, 0.3) is 0 Å². The van der Waals surface area contributed by atoms with Crippen LogP contribution in [0.1, 0.15) is 79.1 Å². The Morgan fingerprint density at radius 2 is 1.81 bits per heavy atom. The van der Waals surface area contributed by atoms with Crippen molar-refractivity contribution in [2.45, 2.75) is 85.1 Å². The van der Waals surface area contributed by atoms with E-state index in [9.17, 15) is 19.6 Å². The number of nitrogens with zero attached hydrogens (tertiary/aromatic N) is 1. The van der Waals surface area contributed by atoms with E-state index < -0.39 is 10.8 Å². The van der Waals surface area contributed by atoms with E-state index in [-0.39, 0.29) is 63.6 Å². The summed E-state index contributed by atoms with van der Waals surface area (Å²) in [5.41, 5.74) is 0.352. The second-order valence-electron chi connectivity index (χ2n) is 14.2. The summed E-state index contributed by atoms with van der Waals surface area (Å²) >= 11 is 0. The van der Waals surface area contributed by atoms with E-state index in [1.54, 1.807) is 0 Å². The number of fused-ring (bicyclic) bond motifs is 7. The van der Waals surface area contributed by atoms with Crippen molar-refractivity contribution in [2.24, 2.45) is 45.3 Å². The Morgan fingerprint density at radius 1 is 1.05 bits per heavy atom. The van der Waals surface area contributed by atoms with Gasteiger partial charge in [0.2, 0.25) is 5.91 Å². The normalized spacial score (nSPS) is 44.5. The highest BCUT2D eigenvalue weighted by Gasteiger charge is 2.65. The van der Waals surface area contributed by atoms with Crippen LogP contribution in [-0.4, -0.2) is 36.7 Å². The van der Waals surface area contributed by atoms with Crippen molar-refractivity contribution >= 4 is 17.5 Å². The van der Waals surface area contributed by atoms with E-state index in [0.717, 1.165) is 50.5 Å². The zero-order valence-corrected chi connectivity index (χ0v) is 22.7. The fraction of sp³-hybridized carbons (Fsp3) is 0.742. The lowest BCUT2D eigenvalue weighted by Gasteiger charge is -2.63. The maximum Gasteiger partial charge on any atom is 0.226 e. The van der Waals surface area contributed by atoms with Crippen molar-refractivity contribution in [3.63, 3.8) is 0 Å². The van der Waals surface area contributed by atoms with Crippen LogP contribution in [0.15, 0.2) is 23.3 Å². The number of hydrogen-bond acceptors (Lipinski definition) is 5. The topological polar surface area (TPSA) is 96.3 Å². The van der Waals surface area contributed by atoms with Gasteiger partial charge in [-0.05, 0) is 79.6 Å². The molecule has 4 fully saturated rings. The van der Waals surface area contributed by atoms with Crippen LogP contribution in [0.3, 0.4) is 0 Å². The van der Waals surface area contributed by atoms with E-state index in [1.807, 2.05) is 12.2 Å². The second kappa shape index (κ2) is 8.12. The second-order valence-corrected chi connectivity index (χ2v) is 14.2. The van der Waals surface area contributed by atoms with Crippen molar-refractivity contribution in [1.29, 1.82) is 5.26 Å². The van der Waals surface area contributed by atoms with Crippen LogP contribution in [0.2, 0.25) is 0 Å². The Balaban J connectivity index is 1.42. The summed E-state index contributed by atoms with van der Waals surface area (Å²) in [4.78, 5) is 40.6. The molecule has 6 rings (SSSR count). The molecule has 7 unspecified atom stereocenters. The molecule has 1 aliphatic heterocycles. The Kier molecular flexibility index (Phi) is 5.50. The van der Waals surface area contributed by atoms with Gasteiger partial charge < -0.3 is 10.1 Å². The van der Waals surface area contributed by atoms with E-state index in [2.05, 4.69) is 39.1 Å². The molecule has 1 saturated heterocycles. The van der Waals surface area contributed by atoms with Gasteiger partial charge in [-0.25, -0.2) is 0 Å². The number of ether oxygens (including phenoxy) is 1. The Bertz CT molecular complexity index is 1170. The highest BCUT2D eigenvalue weighted by Crippen LogP contribution is 2.69. The molecule has 0 bridgehead atoms. The first-order valence-electron chi connectivity index (χ1n) is 14.2. The van der Waals surface area contributed by atoms with E-state index in [4.69, 9.17) is 4.74 Å². The highest BCUT2D eigenvalue weighted by molar-refractivity contribution is 6.01. The lowest BCUT2D eigenvalue weighted by Crippen LogP contribution is -2.63. The molecular weight excluding hydrogens is 464 g/mol. The van der Waals surface area contributed by atoms with Crippen LogP contribution in [0.4, 0.5) is 0 Å². The van der Waals surface area contributed by atoms with Gasteiger partial charge in [-0.3, -0.25) is 14.4 Å². The largest absolute Gasteiger partial charge is 0.377 e. The Hall–Kier alpha value is -2.26. The maximum atomic E-state index is 14.2. The molecule has 7 atom stereocenters. The molecule has 37 heavy (non-hydrogen) atoms. The molecule has 0 aromatic rings. The van der Waals surface area contributed by atoms with Crippen molar-refractivity contribution in [3.8, 4) is 6.07 Å². The van der Waals surface area contributed by atoms with Crippen molar-refractivity contribution in [2.75, 3.05) is 13.2 Å². The first-order chi connectivity index (χ1) is 17.4. The molecule has 6 aliphatic rings. The number of carbonyl (C=O) groups excluding carboxylic acids is 3. The minimum atomic E-state index is -0.490. The van der Waals surface area contributed by atoms with Crippen molar-refractivity contribution < 1.29 is 19.1 Å². The number of allylic oxidation sites excluding steroid dienone is 4. The van der Waals surface area contributed by atoms with Gasteiger partial charge in [-0.1, -0.05) is 39.3 Å².